The van der Waals surface area contributed by atoms with Crippen LogP contribution in [0.1, 0.15) is 12.7 Å². The molecule has 88 valence electrons. The van der Waals surface area contributed by atoms with Crippen molar-refractivity contribution in [3.05, 3.63) is 46.3 Å². The predicted octanol–water partition coefficient (Wildman–Crippen LogP) is 3.75. The number of aromatic nitrogens is 2. The van der Waals surface area contributed by atoms with Crippen LogP contribution in [0.3, 0.4) is 0 Å². The first-order valence-electron chi connectivity index (χ1n) is 5.09. The first-order chi connectivity index (χ1) is 8.10. The van der Waals surface area contributed by atoms with Crippen LogP contribution >= 0.6 is 15.9 Å². The van der Waals surface area contributed by atoms with Crippen LogP contribution in [-0.4, -0.2) is 9.97 Å². The molecule has 0 N–H and O–H groups in total. The van der Waals surface area contributed by atoms with Gasteiger partial charge in [-0.2, -0.15) is 0 Å². The molecule has 0 atom stereocenters. The summed E-state index contributed by atoms with van der Waals surface area (Å²) in [5.74, 6) is -0.411. The monoisotopic (exact) mass is 298 g/mol. The van der Waals surface area contributed by atoms with Gasteiger partial charge in [-0.15, -0.1) is 0 Å². The van der Waals surface area contributed by atoms with Crippen LogP contribution in [0, 0.1) is 11.6 Å². The van der Waals surface area contributed by atoms with E-state index in [2.05, 4.69) is 25.9 Å². The third kappa shape index (κ3) is 2.66. The van der Waals surface area contributed by atoms with Crippen molar-refractivity contribution >= 4 is 15.9 Å². The molecule has 0 bridgehead atoms. The minimum absolute atomic E-state index is 0.141. The molecule has 0 fully saturated rings. The minimum Gasteiger partial charge on any atom is -0.233 e. The summed E-state index contributed by atoms with van der Waals surface area (Å²) in [7, 11) is 0. The predicted molar refractivity (Wildman–Crippen MR) is 64.5 cm³/mol. The van der Waals surface area contributed by atoms with E-state index in [1.165, 1.54) is 0 Å². The molecule has 0 aliphatic heterocycles. The number of hydrogen-bond donors (Lipinski definition) is 0. The topological polar surface area (TPSA) is 25.8 Å². The van der Waals surface area contributed by atoms with Gasteiger partial charge in [0.15, 0.2) is 0 Å². The Morgan fingerprint density at radius 1 is 1.18 bits per heavy atom. The quantitative estimate of drug-likeness (QED) is 0.789. The van der Waals surface area contributed by atoms with Crippen molar-refractivity contribution in [3.63, 3.8) is 0 Å². The van der Waals surface area contributed by atoms with Gasteiger partial charge in [0.2, 0.25) is 0 Å². The molecule has 0 saturated heterocycles. The van der Waals surface area contributed by atoms with Gasteiger partial charge in [0.1, 0.15) is 22.1 Å². The molecular formula is C12H9BrF2N2. The van der Waals surface area contributed by atoms with Crippen molar-refractivity contribution in [2.45, 2.75) is 13.3 Å². The minimum atomic E-state index is -0.501. The Bertz CT molecular complexity index is 558. The first kappa shape index (κ1) is 12.1. The zero-order valence-corrected chi connectivity index (χ0v) is 10.6. The molecule has 0 unspecified atom stereocenters. The van der Waals surface area contributed by atoms with Crippen LogP contribution in [0.25, 0.3) is 11.3 Å². The summed E-state index contributed by atoms with van der Waals surface area (Å²) in [6.07, 6.45) is 0.628. The number of halogens is 3. The molecule has 17 heavy (non-hydrogen) atoms. The van der Waals surface area contributed by atoms with E-state index in [0.29, 0.717) is 22.5 Å². The molecular weight excluding hydrogens is 290 g/mol. The lowest BCUT2D eigenvalue weighted by atomic mass is 10.1. The lowest BCUT2D eigenvalue weighted by Crippen LogP contribution is -1.97. The molecule has 1 aromatic carbocycles. The SMILES string of the molecule is CCc1nc(Br)cc(-c2cc(F)ccc2F)n1. The van der Waals surface area contributed by atoms with Gasteiger partial charge in [-0.05, 0) is 40.2 Å². The normalized spacial score (nSPS) is 10.6. The van der Waals surface area contributed by atoms with Crippen LogP contribution in [0.15, 0.2) is 28.9 Å². The van der Waals surface area contributed by atoms with Crippen molar-refractivity contribution in [2.24, 2.45) is 0 Å². The summed E-state index contributed by atoms with van der Waals surface area (Å²) < 4.78 is 27.2. The van der Waals surface area contributed by atoms with Gasteiger partial charge in [-0.1, -0.05) is 6.92 Å². The largest absolute Gasteiger partial charge is 0.233 e. The summed E-state index contributed by atoms with van der Waals surface area (Å²) in [6, 6.07) is 4.86. The number of benzene rings is 1. The maximum atomic E-state index is 13.6. The summed E-state index contributed by atoms with van der Waals surface area (Å²) in [5, 5.41) is 0. The van der Waals surface area contributed by atoms with Gasteiger partial charge in [0, 0.05) is 12.0 Å². The highest BCUT2D eigenvalue weighted by molar-refractivity contribution is 9.10. The Balaban J connectivity index is 2.59. The molecule has 0 amide bonds. The fourth-order valence-electron chi connectivity index (χ4n) is 1.45. The Morgan fingerprint density at radius 3 is 2.65 bits per heavy atom. The van der Waals surface area contributed by atoms with Gasteiger partial charge in [-0.3, -0.25) is 0 Å². The molecule has 2 aromatic rings. The van der Waals surface area contributed by atoms with E-state index in [0.717, 1.165) is 18.2 Å². The molecule has 5 heteroatoms. The van der Waals surface area contributed by atoms with Gasteiger partial charge < -0.3 is 0 Å². The highest BCUT2D eigenvalue weighted by Crippen LogP contribution is 2.24. The van der Waals surface area contributed by atoms with E-state index < -0.39 is 11.6 Å². The number of rotatable bonds is 2. The number of hydrogen-bond acceptors (Lipinski definition) is 2. The van der Waals surface area contributed by atoms with E-state index in [4.69, 9.17) is 0 Å². The summed E-state index contributed by atoms with van der Waals surface area (Å²) in [6.45, 7) is 1.90. The molecule has 0 saturated carbocycles. The van der Waals surface area contributed by atoms with Crippen LogP contribution in [0.2, 0.25) is 0 Å². The van der Waals surface area contributed by atoms with E-state index in [1.807, 2.05) is 6.92 Å². The Labute approximate surface area is 106 Å². The average molecular weight is 299 g/mol. The molecule has 0 aliphatic carbocycles. The summed E-state index contributed by atoms with van der Waals surface area (Å²) in [4.78, 5) is 8.30. The molecule has 0 aliphatic rings. The van der Waals surface area contributed by atoms with Crippen molar-refractivity contribution in [1.82, 2.24) is 9.97 Å². The van der Waals surface area contributed by atoms with E-state index >= 15 is 0 Å². The van der Waals surface area contributed by atoms with Crippen molar-refractivity contribution in [3.8, 4) is 11.3 Å². The lowest BCUT2D eigenvalue weighted by molar-refractivity contribution is 0.602. The second-order valence-corrected chi connectivity index (χ2v) is 4.28. The van der Waals surface area contributed by atoms with Crippen LogP contribution < -0.4 is 0 Å². The van der Waals surface area contributed by atoms with Crippen LogP contribution in [-0.2, 0) is 6.42 Å². The second kappa shape index (κ2) is 4.87. The fourth-order valence-corrected chi connectivity index (χ4v) is 1.88. The molecule has 2 rings (SSSR count). The summed E-state index contributed by atoms with van der Waals surface area (Å²) in [5.41, 5.74) is 0.517. The Hall–Kier alpha value is -1.36. The summed E-state index contributed by atoms with van der Waals surface area (Å²) >= 11 is 3.23. The maximum absolute atomic E-state index is 13.6. The van der Waals surface area contributed by atoms with Crippen molar-refractivity contribution < 1.29 is 8.78 Å². The number of aryl methyl sites for hydroxylation is 1. The third-order valence-electron chi connectivity index (χ3n) is 2.26. The van der Waals surface area contributed by atoms with Crippen LogP contribution in [0.4, 0.5) is 8.78 Å². The fraction of sp³-hybridized carbons (Fsp3) is 0.167. The van der Waals surface area contributed by atoms with Gasteiger partial charge >= 0.3 is 0 Å². The molecule has 0 spiro atoms. The third-order valence-corrected chi connectivity index (χ3v) is 2.67. The zero-order chi connectivity index (χ0) is 12.4. The van der Waals surface area contributed by atoms with Gasteiger partial charge in [0.25, 0.3) is 0 Å². The van der Waals surface area contributed by atoms with Crippen molar-refractivity contribution in [1.29, 1.82) is 0 Å². The average Bonchev–Trinajstić information content (AvgIpc) is 2.31. The zero-order valence-electron chi connectivity index (χ0n) is 9.04. The molecule has 1 heterocycles. The number of nitrogens with zero attached hydrogens (tertiary/aromatic N) is 2. The molecule has 2 nitrogen and oxygen atoms in total. The van der Waals surface area contributed by atoms with Gasteiger partial charge in [0.05, 0.1) is 5.69 Å². The maximum Gasteiger partial charge on any atom is 0.132 e. The molecule has 1 aromatic heterocycles. The van der Waals surface area contributed by atoms with E-state index in [1.54, 1.807) is 6.07 Å². The highest BCUT2D eigenvalue weighted by atomic mass is 79.9. The standard InChI is InChI=1S/C12H9BrF2N2/c1-2-12-16-10(6-11(13)17-12)8-5-7(14)3-4-9(8)15/h3-6H,2H2,1H3. The van der Waals surface area contributed by atoms with E-state index in [-0.39, 0.29) is 5.56 Å². The van der Waals surface area contributed by atoms with Gasteiger partial charge in [-0.25, -0.2) is 18.7 Å². The Kier molecular flexibility index (Phi) is 3.47. The lowest BCUT2D eigenvalue weighted by Gasteiger charge is -2.05. The highest BCUT2D eigenvalue weighted by Gasteiger charge is 2.10. The smallest absolute Gasteiger partial charge is 0.132 e. The second-order valence-electron chi connectivity index (χ2n) is 3.47. The van der Waals surface area contributed by atoms with Crippen molar-refractivity contribution in [2.75, 3.05) is 0 Å². The molecule has 0 radical (unpaired) electrons. The first-order valence-corrected chi connectivity index (χ1v) is 5.88. The van der Waals surface area contributed by atoms with Crippen LogP contribution in [0.5, 0.6) is 0 Å². The Morgan fingerprint density at radius 2 is 1.94 bits per heavy atom. The van der Waals surface area contributed by atoms with E-state index in [9.17, 15) is 8.78 Å².